The van der Waals surface area contributed by atoms with Gasteiger partial charge in [0.15, 0.2) is 12.1 Å². The largest absolute Gasteiger partial charge is 0.356 e. The van der Waals surface area contributed by atoms with Crippen molar-refractivity contribution in [3.63, 3.8) is 0 Å². The number of amides is 1. The van der Waals surface area contributed by atoms with Gasteiger partial charge in [-0.15, -0.1) is 0 Å². The Hall–Kier alpha value is -3.52. The van der Waals surface area contributed by atoms with E-state index in [0.29, 0.717) is 23.3 Å². The fourth-order valence-electron chi connectivity index (χ4n) is 5.47. The van der Waals surface area contributed by atoms with E-state index in [2.05, 4.69) is 22.1 Å². The minimum atomic E-state index is -0.00918. The van der Waals surface area contributed by atoms with Crippen molar-refractivity contribution in [3.8, 4) is 11.4 Å². The number of benzene rings is 2. The van der Waals surface area contributed by atoms with Crippen LogP contribution in [0, 0.1) is 0 Å². The fourth-order valence-corrected chi connectivity index (χ4v) is 5.47. The van der Waals surface area contributed by atoms with Gasteiger partial charge in [0.05, 0.1) is 11.7 Å². The number of nitrogens with one attached hydrogen (secondary N) is 1. The molecule has 3 fully saturated rings. The monoisotopic (exact) mass is 496 g/mol. The number of aryl methyl sites for hydroxylation is 1. The molecule has 4 aromatic rings. The molecule has 1 unspecified atom stereocenters. The number of carbonyl (C=O) groups excluding carboxylic acids is 1. The molecule has 1 amide bonds. The van der Waals surface area contributed by atoms with E-state index in [1.807, 2.05) is 42.2 Å². The van der Waals surface area contributed by atoms with Gasteiger partial charge in [0, 0.05) is 42.6 Å². The van der Waals surface area contributed by atoms with Crippen LogP contribution in [0.3, 0.4) is 0 Å². The Morgan fingerprint density at radius 2 is 1.89 bits per heavy atom. The van der Waals surface area contributed by atoms with Crippen LogP contribution in [0.1, 0.15) is 84.4 Å². The van der Waals surface area contributed by atoms with Gasteiger partial charge in [0.25, 0.3) is 5.91 Å². The molecule has 7 rings (SSSR count). The minimum Gasteiger partial charge on any atom is -0.356 e. The summed E-state index contributed by atoms with van der Waals surface area (Å²) in [4.78, 5) is 17.2. The summed E-state index contributed by atoms with van der Waals surface area (Å²) in [5, 5.41) is 13.7. The molecule has 8 heteroatoms. The normalized spacial score (nSPS) is 19.9. The third kappa shape index (κ3) is 4.44. The zero-order valence-electron chi connectivity index (χ0n) is 21.2. The van der Waals surface area contributed by atoms with Crippen molar-refractivity contribution < 1.29 is 9.53 Å². The quantitative estimate of drug-likeness (QED) is 0.394. The van der Waals surface area contributed by atoms with Crippen LogP contribution >= 0.6 is 0 Å². The van der Waals surface area contributed by atoms with Crippen molar-refractivity contribution in [2.45, 2.75) is 69.6 Å². The second-order valence-electron chi connectivity index (χ2n) is 10.7. The van der Waals surface area contributed by atoms with Gasteiger partial charge in [-0.05, 0) is 80.2 Å². The maximum atomic E-state index is 12.3. The van der Waals surface area contributed by atoms with Gasteiger partial charge in [-0.25, -0.2) is 9.67 Å². The van der Waals surface area contributed by atoms with E-state index in [1.165, 1.54) is 41.3 Å². The number of ether oxygens (including phenoxy) is 1. The lowest BCUT2D eigenvalue weighted by Gasteiger charge is -2.23. The standard InChI is InChI=1S/C29H32N6O2/c1-34-25(32-28(33-34)19-7-9-20(10-8-19)29(36)31-22-12-13-22)16-21-11-14-24-23(27(21)18-5-6-18)17-30-35(24)26-4-2-3-15-37-26/h7-11,14,17-18,22,26H,2-6,12-13,15-16H2,1H3,(H,31,36). The summed E-state index contributed by atoms with van der Waals surface area (Å²) in [6, 6.07) is 12.4. The predicted octanol–water partition coefficient (Wildman–Crippen LogP) is 4.89. The van der Waals surface area contributed by atoms with Crippen molar-refractivity contribution in [2.24, 2.45) is 7.05 Å². The summed E-state index contributed by atoms with van der Waals surface area (Å²) in [5.74, 6) is 2.19. The number of rotatable bonds is 7. The number of hydrogen-bond acceptors (Lipinski definition) is 5. The molecule has 8 nitrogen and oxygen atoms in total. The van der Waals surface area contributed by atoms with Crippen LogP contribution in [0.25, 0.3) is 22.3 Å². The molecule has 0 spiro atoms. The van der Waals surface area contributed by atoms with Crippen LogP contribution in [0.5, 0.6) is 0 Å². The molecule has 2 aliphatic carbocycles. The second kappa shape index (κ2) is 9.10. The molecule has 0 bridgehead atoms. The van der Waals surface area contributed by atoms with Gasteiger partial charge < -0.3 is 10.1 Å². The lowest BCUT2D eigenvalue weighted by atomic mass is 9.96. The number of hydrogen-bond donors (Lipinski definition) is 1. The number of carbonyl (C=O) groups is 1. The summed E-state index contributed by atoms with van der Waals surface area (Å²) in [7, 11) is 1.96. The van der Waals surface area contributed by atoms with E-state index in [0.717, 1.165) is 50.1 Å². The summed E-state index contributed by atoms with van der Waals surface area (Å²) < 4.78 is 9.99. The SMILES string of the molecule is Cn1nc(-c2ccc(C(=O)NC3CC3)cc2)nc1Cc1ccc2c(cnn2C2CCCCO2)c1C1CC1. The van der Waals surface area contributed by atoms with Crippen molar-refractivity contribution in [1.29, 1.82) is 0 Å². The fraction of sp³-hybridized carbons (Fsp3) is 0.448. The van der Waals surface area contributed by atoms with E-state index in [9.17, 15) is 4.79 Å². The third-order valence-electron chi connectivity index (χ3n) is 7.85. The van der Waals surface area contributed by atoms with Gasteiger partial charge in [-0.2, -0.15) is 10.2 Å². The van der Waals surface area contributed by atoms with Crippen molar-refractivity contribution >= 4 is 16.8 Å². The Labute approximate surface area is 216 Å². The number of nitrogens with zero attached hydrogens (tertiary/aromatic N) is 5. The van der Waals surface area contributed by atoms with E-state index in [1.54, 1.807) is 0 Å². The first-order valence-corrected chi connectivity index (χ1v) is 13.6. The van der Waals surface area contributed by atoms with Gasteiger partial charge in [-0.1, -0.05) is 18.2 Å². The highest BCUT2D eigenvalue weighted by molar-refractivity contribution is 5.95. The maximum Gasteiger partial charge on any atom is 0.251 e. The Morgan fingerprint density at radius 3 is 2.62 bits per heavy atom. The summed E-state index contributed by atoms with van der Waals surface area (Å²) in [5.41, 5.74) is 5.47. The van der Waals surface area contributed by atoms with Crippen molar-refractivity contribution in [1.82, 2.24) is 29.9 Å². The highest BCUT2D eigenvalue weighted by atomic mass is 16.5. The number of aromatic nitrogens is 5. The minimum absolute atomic E-state index is 0.00918. The average Bonchev–Trinajstić information content (AvgIpc) is 3.85. The average molecular weight is 497 g/mol. The maximum absolute atomic E-state index is 12.3. The Bertz CT molecular complexity index is 1460. The first-order chi connectivity index (χ1) is 18.1. The molecule has 2 aromatic heterocycles. The molecule has 2 saturated carbocycles. The molecular formula is C29H32N6O2. The Kier molecular flexibility index (Phi) is 5.57. The summed E-state index contributed by atoms with van der Waals surface area (Å²) in [6.45, 7) is 0.810. The topological polar surface area (TPSA) is 86.9 Å². The zero-order chi connectivity index (χ0) is 24.9. The first kappa shape index (κ1) is 22.7. The predicted molar refractivity (Wildman–Crippen MR) is 140 cm³/mol. The molecule has 0 radical (unpaired) electrons. The van der Waals surface area contributed by atoms with E-state index in [4.69, 9.17) is 19.9 Å². The second-order valence-corrected chi connectivity index (χ2v) is 10.7. The highest BCUT2D eigenvalue weighted by Gasteiger charge is 2.30. The van der Waals surface area contributed by atoms with Crippen LogP contribution in [-0.4, -0.2) is 43.1 Å². The molecule has 190 valence electrons. The molecule has 37 heavy (non-hydrogen) atoms. The first-order valence-electron chi connectivity index (χ1n) is 13.6. The molecule has 1 saturated heterocycles. The summed E-state index contributed by atoms with van der Waals surface area (Å²) >= 11 is 0. The van der Waals surface area contributed by atoms with Crippen LogP contribution in [0.15, 0.2) is 42.6 Å². The zero-order valence-corrected chi connectivity index (χ0v) is 21.2. The van der Waals surface area contributed by atoms with Gasteiger partial charge in [0.2, 0.25) is 0 Å². The molecular weight excluding hydrogens is 464 g/mol. The van der Waals surface area contributed by atoms with Crippen molar-refractivity contribution in [3.05, 3.63) is 65.1 Å². The van der Waals surface area contributed by atoms with Gasteiger partial charge in [-0.3, -0.25) is 9.48 Å². The van der Waals surface area contributed by atoms with E-state index in [-0.39, 0.29) is 12.1 Å². The lowest BCUT2D eigenvalue weighted by molar-refractivity contribution is -0.0366. The molecule has 1 aliphatic heterocycles. The number of fused-ring (bicyclic) bond motifs is 1. The molecule has 3 aliphatic rings. The van der Waals surface area contributed by atoms with Crippen LogP contribution in [0.4, 0.5) is 0 Å². The Balaban J connectivity index is 1.16. The lowest BCUT2D eigenvalue weighted by Crippen LogP contribution is -2.25. The Morgan fingerprint density at radius 1 is 1.05 bits per heavy atom. The molecule has 3 heterocycles. The van der Waals surface area contributed by atoms with Crippen LogP contribution in [0.2, 0.25) is 0 Å². The van der Waals surface area contributed by atoms with E-state index < -0.39 is 0 Å². The van der Waals surface area contributed by atoms with Crippen LogP contribution in [-0.2, 0) is 18.2 Å². The molecule has 2 aromatic carbocycles. The van der Waals surface area contributed by atoms with E-state index >= 15 is 0 Å². The smallest absolute Gasteiger partial charge is 0.251 e. The molecule has 1 atom stereocenters. The van der Waals surface area contributed by atoms with Gasteiger partial charge in [0.1, 0.15) is 5.82 Å². The third-order valence-corrected chi connectivity index (χ3v) is 7.85. The van der Waals surface area contributed by atoms with Crippen molar-refractivity contribution in [2.75, 3.05) is 6.61 Å². The molecule has 1 N–H and O–H groups in total. The van der Waals surface area contributed by atoms with Crippen LogP contribution < -0.4 is 5.32 Å². The highest BCUT2D eigenvalue weighted by Crippen LogP contribution is 2.45. The summed E-state index contributed by atoms with van der Waals surface area (Å²) in [6.07, 6.45) is 10.7. The van der Waals surface area contributed by atoms with Gasteiger partial charge >= 0.3 is 0 Å².